The molecule has 116 valence electrons. The average molecular weight is 308 g/mol. The number of nitrogens with zero attached hydrogens (tertiary/aromatic N) is 1. The number of urea groups is 1. The number of ether oxygens (including phenoxy) is 1. The second kappa shape index (κ2) is 7.44. The topological polar surface area (TPSA) is 113 Å². The van der Waals surface area contributed by atoms with Gasteiger partial charge in [0.1, 0.15) is 9.84 Å². The Morgan fingerprint density at radius 3 is 2.75 bits per heavy atom. The van der Waals surface area contributed by atoms with Gasteiger partial charge >= 0.3 is 12.0 Å². The van der Waals surface area contributed by atoms with E-state index in [1.807, 2.05) is 0 Å². The van der Waals surface area contributed by atoms with E-state index in [0.717, 1.165) is 6.26 Å². The molecule has 1 atom stereocenters. The molecule has 8 nitrogen and oxygen atoms in total. The van der Waals surface area contributed by atoms with Gasteiger partial charge in [0.25, 0.3) is 0 Å². The molecule has 1 unspecified atom stereocenters. The minimum absolute atomic E-state index is 0.00887. The van der Waals surface area contributed by atoms with Crippen molar-refractivity contribution >= 4 is 21.8 Å². The minimum Gasteiger partial charge on any atom is -0.481 e. The molecular formula is C11H20N2O6S. The SMILES string of the molecule is CS(=O)(=O)CCCNC(=O)N1CCOCC1CC(=O)O. The van der Waals surface area contributed by atoms with Crippen molar-refractivity contribution in [2.24, 2.45) is 0 Å². The van der Waals surface area contributed by atoms with Crippen molar-refractivity contribution < 1.29 is 27.9 Å². The van der Waals surface area contributed by atoms with E-state index in [4.69, 9.17) is 9.84 Å². The Morgan fingerprint density at radius 2 is 2.15 bits per heavy atom. The van der Waals surface area contributed by atoms with E-state index in [2.05, 4.69) is 5.32 Å². The maximum atomic E-state index is 11.9. The molecule has 1 saturated heterocycles. The number of hydrogen-bond donors (Lipinski definition) is 2. The normalized spacial score (nSPS) is 19.6. The summed E-state index contributed by atoms with van der Waals surface area (Å²) in [5.74, 6) is -0.982. The van der Waals surface area contributed by atoms with E-state index >= 15 is 0 Å². The Hall–Kier alpha value is -1.35. The van der Waals surface area contributed by atoms with Crippen LogP contribution >= 0.6 is 0 Å². The van der Waals surface area contributed by atoms with Crippen molar-refractivity contribution in [2.75, 3.05) is 38.3 Å². The molecule has 2 amide bonds. The van der Waals surface area contributed by atoms with Crippen LogP contribution in [0.25, 0.3) is 0 Å². The van der Waals surface area contributed by atoms with E-state index < -0.39 is 21.8 Å². The lowest BCUT2D eigenvalue weighted by molar-refractivity contribution is -0.139. The molecule has 1 aliphatic rings. The highest BCUT2D eigenvalue weighted by atomic mass is 32.2. The second-order valence-corrected chi connectivity index (χ2v) is 7.00. The molecule has 0 bridgehead atoms. The van der Waals surface area contributed by atoms with Gasteiger partial charge in [-0.2, -0.15) is 0 Å². The highest BCUT2D eigenvalue weighted by Gasteiger charge is 2.28. The first-order valence-corrected chi connectivity index (χ1v) is 8.37. The third kappa shape index (κ3) is 6.20. The van der Waals surface area contributed by atoms with Crippen molar-refractivity contribution in [1.29, 1.82) is 0 Å². The molecule has 0 aromatic carbocycles. The number of carbonyl (C=O) groups excluding carboxylic acids is 1. The first-order valence-electron chi connectivity index (χ1n) is 6.31. The average Bonchev–Trinajstić information content (AvgIpc) is 2.33. The van der Waals surface area contributed by atoms with Crippen LogP contribution in [0.1, 0.15) is 12.8 Å². The van der Waals surface area contributed by atoms with E-state index in [9.17, 15) is 18.0 Å². The third-order valence-corrected chi connectivity index (χ3v) is 3.90. The summed E-state index contributed by atoms with van der Waals surface area (Å²) in [6.45, 7) is 1.13. The number of carboxylic acid groups (broad SMARTS) is 1. The van der Waals surface area contributed by atoms with E-state index in [-0.39, 0.29) is 31.4 Å². The van der Waals surface area contributed by atoms with Gasteiger partial charge < -0.3 is 20.1 Å². The monoisotopic (exact) mass is 308 g/mol. The number of amides is 2. The quantitative estimate of drug-likeness (QED) is 0.628. The van der Waals surface area contributed by atoms with Crippen molar-refractivity contribution in [3.05, 3.63) is 0 Å². The molecule has 20 heavy (non-hydrogen) atoms. The van der Waals surface area contributed by atoms with Gasteiger partial charge in [-0.1, -0.05) is 0 Å². The van der Waals surface area contributed by atoms with Gasteiger partial charge in [-0.3, -0.25) is 4.79 Å². The molecule has 0 radical (unpaired) electrons. The van der Waals surface area contributed by atoms with Crippen molar-refractivity contribution in [3.8, 4) is 0 Å². The van der Waals surface area contributed by atoms with Gasteiger partial charge in [0.05, 0.1) is 31.4 Å². The summed E-state index contributed by atoms with van der Waals surface area (Å²) in [6, 6.07) is -0.871. The number of carbonyl (C=O) groups is 2. The van der Waals surface area contributed by atoms with Crippen LogP contribution in [0.2, 0.25) is 0 Å². The van der Waals surface area contributed by atoms with Crippen LogP contribution in [0.5, 0.6) is 0 Å². The van der Waals surface area contributed by atoms with E-state index in [1.54, 1.807) is 0 Å². The fourth-order valence-electron chi connectivity index (χ4n) is 1.92. The highest BCUT2D eigenvalue weighted by molar-refractivity contribution is 7.90. The number of rotatable bonds is 6. The van der Waals surface area contributed by atoms with E-state index in [1.165, 1.54) is 4.90 Å². The van der Waals surface area contributed by atoms with Crippen LogP contribution in [0.3, 0.4) is 0 Å². The Morgan fingerprint density at radius 1 is 1.45 bits per heavy atom. The van der Waals surface area contributed by atoms with Crippen molar-refractivity contribution in [2.45, 2.75) is 18.9 Å². The molecule has 0 aromatic heterocycles. The van der Waals surface area contributed by atoms with Gasteiger partial charge in [-0.05, 0) is 6.42 Å². The first kappa shape index (κ1) is 16.7. The van der Waals surface area contributed by atoms with Gasteiger partial charge in [0.15, 0.2) is 0 Å². The molecule has 0 saturated carbocycles. The molecule has 0 aliphatic carbocycles. The maximum absolute atomic E-state index is 11.9. The summed E-state index contributed by atoms with van der Waals surface area (Å²) < 4.78 is 27.1. The number of hydrogen-bond acceptors (Lipinski definition) is 5. The Labute approximate surface area is 118 Å². The smallest absolute Gasteiger partial charge is 0.317 e. The summed E-state index contributed by atoms with van der Waals surface area (Å²) in [7, 11) is -3.04. The van der Waals surface area contributed by atoms with Crippen LogP contribution in [0.15, 0.2) is 0 Å². The van der Waals surface area contributed by atoms with Gasteiger partial charge in [-0.15, -0.1) is 0 Å². The fraction of sp³-hybridized carbons (Fsp3) is 0.818. The molecule has 0 aromatic rings. The standard InChI is InChI=1S/C11H20N2O6S/c1-20(17,18)6-2-3-12-11(16)13-4-5-19-8-9(13)7-10(14)15/h9H,2-8H2,1H3,(H,12,16)(H,14,15). The van der Waals surface area contributed by atoms with Crippen molar-refractivity contribution in [3.63, 3.8) is 0 Å². The zero-order valence-corrected chi connectivity index (χ0v) is 12.2. The fourth-order valence-corrected chi connectivity index (χ4v) is 2.59. The summed E-state index contributed by atoms with van der Waals surface area (Å²) in [5.41, 5.74) is 0. The van der Waals surface area contributed by atoms with Gasteiger partial charge in [0, 0.05) is 19.3 Å². The van der Waals surface area contributed by atoms with Crippen LogP contribution in [-0.2, 0) is 19.4 Å². The summed E-state index contributed by atoms with van der Waals surface area (Å²) in [6.07, 6.45) is 1.30. The molecule has 0 spiro atoms. The maximum Gasteiger partial charge on any atom is 0.317 e. The molecule has 9 heteroatoms. The Kier molecular flexibility index (Phi) is 6.21. The highest BCUT2D eigenvalue weighted by Crippen LogP contribution is 2.10. The number of aliphatic carboxylic acids is 1. The number of morpholine rings is 1. The molecule has 1 heterocycles. The van der Waals surface area contributed by atoms with E-state index in [0.29, 0.717) is 19.6 Å². The summed E-state index contributed by atoms with van der Waals surface area (Å²) >= 11 is 0. The molecule has 2 N–H and O–H groups in total. The largest absolute Gasteiger partial charge is 0.481 e. The van der Waals surface area contributed by atoms with Gasteiger partial charge in [0.2, 0.25) is 0 Å². The second-order valence-electron chi connectivity index (χ2n) is 4.74. The lowest BCUT2D eigenvalue weighted by Gasteiger charge is -2.34. The third-order valence-electron chi connectivity index (χ3n) is 2.87. The predicted octanol–water partition coefficient (Wildman–Crippen LogP) is -0.694. The molecule has 1 rings (SSSR count). The van der Waals surface area contributed by atoms with Gasteiger partial charge in [-0.25, -0.2) is 13.2 Å². The molecule has 1 aliphatic heterocycles. The van der Waals surface area contributed by atoms with Crippen molar-refractivity contribution in [1.82, 2.24) is 10.2 Å². The Bertz CT molecular complexity index is 450. The minimum atomic E-state index is -3.04. The lowest BCUT2D eigenvalue weighted by atomic mass is 10.1. The number of sulfone groups is 1. The van der Waals surface area contributed by atoms with Crippen LogP contribution in [0, 0.1) is 0 Å². The number of nitrogens with one attached hydrogen (secondary N) is 1. The number of carboxylic acids is 1. The Balaban J connectivity index is 2.41. The molecule has 1 fully saturated rings. The summed E-state index contributed by atoms with van der Waals surface area (Å²) in [5, 5.41) is 11.4. The van der Waals surface area contributed by atoms with Crippen LogP contribution in [-0.4, -0.2) is 74.8 Å². The van der Waals surface area contributed by atoms with Crippen LogP contribution < -0.4 is 5.32 Å². The predicted molar refractivity (Wildman–Crippen MR) is 71.3 cm³/mol. The van der Waals surface area contributed by atoms with Crippen LogP contribution in [0.4, 0.5) is 4.79 Å². The molecular weight excluding hydrogens is 288 g/mol. The lowest BCUT2D eigenvalue weighted by Crippen LogP contribution is -2.53. The first-order chi connectivity index (χ1) is 9.29. The zero-order valence-electron chi connectivity index (χ0n) is 11.4. The summed E-state index contributed by atoms with van der Waals surface area (Å²) in [4.78, 5) is 24.1. The zero-order chi connectivity index (χ0) is 15.2.